The molecule has 8 aromatic carbocycles. The molecule has 8 aromatic rings. The molecule has 1 aliphatic carbocycles. The Labute approximate surface area is 357 Å². The second-order valence-corrected chi connectivity index (χ2v) is 14.5. The molecule has 0 radical (unpaired) electrons. The highest BCUT2D eigenvalue weighted by Crippen LogP contribution is 2.42. The van der Waals surface area contributed by atoms with Gasteiger partial charge < -0.3 is 0 Å². The van der Waals surface area contributed by atoms with Crippen LogP contribution >= 0.6 is 0 Å². The molecule has 1 aliphatic rings. The monoisotopic (exact) mass is 774 g/mol. The van der Waals surface area contributed by atoms with Crippen molar-refractivity contribution in [2.45, 2.75) is 40.5 Å². The Morgan fingerprint density at radius 2 is 0.883 bits per heavy atom. The van der Waals surface area contributed by atoms with Gasteiger partial charge in [-0.15, -0.1) is 0 Å². The van der Waals surface area contributed by atoms with Crippen LogP contribution in [0.1, 0.15) is 46.1 Å². The van der Waals surface area contributed by atoms with E-state index in [1.54, 1.807) is 0 Å². The third-order valence-electron chi connectivity index (χ3n) is 11.1. The molecule has 0 spiro atoms. The minimum atomic E-state index is 1.02. The van der Waals surface area contributed by atoms with Crippen LogP contribution in [0.4, 0.5) is 0 Å². The first-order chi connectivity index (χ1) is 29.6. The largest absolute Gasteiger partial charge is 0.0984 e. The van der Waals surface area contributed by atoms with E-state index in [-0.39, 0.29) is 0 Å². The average Bonchev–Trinajstić information content (AvgIpc) is 3.34. The van der Waals surface area contributed by atoms with Crippen molar-refractivity contribution < 1.29 is 0 Å². The molecule has 0 bridgehead atoms. The van der Waals surface area contributed by atoms with Crippen molar-refractivity contribution in [3.8, 4) is 55.6 Å². The van der Waals surface area contributed by atoms with Crippen LogP contribution in [-0.2, 0) is 0 Å². The first kappa shape index (κ1) is 41.2. The van der Waals surface area contributed by atoms with Crippen LogP contribution in [0.15, 0.2) is 231 Å². The van der Waals surface area contributed by atoms with Crippen molar-refractivity contribution in [2.24, 2.45) is 0 Å². The molecule has 9 rings (SSSR count). The molecule has 294 valence electrons. The SMILES string of the molecule is C=C/C(=C\C(=C)C1=CC=CCC1)c1cccc(-c2ccc(-c3ccc(-c4cccc(-c5cccc(-c6ccccc6)c5)c4)c4ccccc34)c3ccccc23)c1.CC.CC. The maximum absolute atomic E-state index is 4.40. The molecule has 0 saturated heterocycles. The van der Waals surface area contributed by atoms with Crippen molar-refractivity contribution in [1.29, 1.82) is 0 Å². The van der Waals surface area contributed by atoms with Crippen LogP contribution in [0.5, 0.6) is 0 Å². The number of rotatable bonds is 9. The molecule has 0 fully saturated rings. The minimum absolute atomic E-state index is 1.02. The fourth-order valence-electron chi connectivity index (χ4n) is 8.22. The van der Waals surface area contributed by atoms with Crippen LogP contribution in [-0.4, -0.2) is 0 Å². The minimum Gasteiger partial charge on any atom is -0.0984 e. The van der Waals surface area contributed by atoms with Crippen LogP contribution in [0.25, 0.3) is 82.8 Å². The molecule has 0 heterocycles. The Hall–Kier alpha value is -7.02. The lowest BCUT2D eigenvalue weighted by Gasteiger charge is -2.17. The molecule has 0 amide bonds. The van der Waals surface area contributed by atoms with E-state index in [9.17, 15) is 0 Å². The summed E-state index contributed by atoms with van der Waals surface area (Å²) >= 11 is 0. The van der Waals surface area contributed by atoms with Gasteiger partial charge >= 0.3 is 0 Å². The van der Waals surface area contributed by atoms with Gasteiger partial charge in [0, 0.05) is 0 Å². The molecule has 0 aliphatic heterocycles. The van der Waals surface area contributed by atoms with Gasteiger partial charge in [-0.2, -0.15) is 0 Å². The van der Waals surface area contributed by atoms with Gasteiger partial charge in [-0.05, 0) is 137 Å². The summed E-state index contributed by atoms with van der Waals surface area (Å²) in [4.78, 5) is 0. The highest BCUT2D eigenvalue weighted by Gasteiger charge is 2.15. The zero-order valence-electron chi connectivity index (χ0n) is 35.5. The second-order valence-electron chi connectivity index (χ2n) is 14.5. The summed E-state index contributed by atoms with van der Waals surface area (Å²) in [6, 6.07) is 64.1. The van der Waals surface area contributed by atoms with Crippen LogP contribution in [0.2, 0.25) is 0 Å². The third kappa shape index (κ3) is 8.70. The standard InChI is InChI=1S/C56H42.2C2H6/c1-3-40(35-39(2)41-17-6-4-7-18-41)43-21-15-25-47(37-43)49-31-33-55(53-29-12-10-27-51(49)53)56-34-32-50(52-28-11-13-30-54(52)56)48-26-16-24-46(38-48)45-23-14-22-44(36-45)42-19-8-5-9-20-42;2*1-2/h3-6,8-17,19-38H,1-2,7,18H2;2*1-2H3/b40-35+;;. The third-order valence-corrected chi connectivity index (χ3v) is 11.1. The Balaban J connectivity index is 0.00000132. The maximum Gasteiger partial charge on any atom is -0.00987 e. The predicted molar refractivity (Wildman–Crippen MR) is 265 cm³/mol. The van der Waals surface area contributed by atoms with Crippen molar-refractivity contribution >= 4 is 27.1 Å². The first-order valence-electron chi connectivity index (χ1n) is 21.4. The zero-order valence-corrected chi connectivity index (χ0v) is 35.5. The number of fused-ring (bicyclic) bond motifs is 2. The summed E-state index contributed by atoms with van der Waals surface area (Å²) in [5.41, 5.74) is 16.7. The van der Waals surface area contributed by atoms with Gasteiger partial charge in [0.2, 0.25) is 0 Å². The van der Waals surface area contributed by atoms with Crippen LogP contribution < -0.4 is 0 Å². The van der Waals surface area contributed by atoms with Gasteiger partial charge in [0.1, 0.15) is 0 Å². The van der Waals surface area contributed by atoms with Crippen molar-refractivity contribution in [3.63, 3.8) is 0 Å². The molecule has 0 N–H and O–H groups in total. The fraction of sp³-hybridized carbons (Fsp3) is 0.100. The molecule has 0 heteroatoms. The Kier molecular flexibility index (Phi) is 13.5. The summed E-state index contributed by atoms with van der Waals surface area (Å²) in [5.74, 6) is 0. The van der Waals surface area contributed by atoms with Gasteiger partial charge in [-0.25, -0.2) is 0 Å². The Morgan fingerprint density at radius 3 is 1.42 bits per heavy atom. The van der Waals surface area contributed by atoms with Gasteiger partial charge in [-0.3, -0.25) is 0 Å². The summed E-state index contributed by atoms with van der Waals surface area (Å²) in [6.07, 6.45) is 12.7. The smallest absolute Gasteiger partial charge is 0.00987 e. The topological polar surface area (TPSA) is 0 Å². The van der Waals surface area contributed by atoms with E-state index in [1.807, 2.05) is 33.8 Å². The van der Waals surface area contributed by atoms with Gasteiger partial charge in [0.25, 0.3) is 0 Å². The summed E-state index contributed by atoms with van der Waals surface area (Å²) < 4.78 is 0. The molecular formula is C60H54. The molecule has 0 unspecified atom stereocenters. The van der Waals surface area contributed by atoms with E-state index in [1.165, 1.54) is 82.8 Å². The van der Waals surface area contributed by atoms with E-state index >= 15 is 0 Å². The summed E-state index contributed by atoms with van der Waals surface area (Å²) in [6.45, 7) is 16.6. The summed E-state index contributed by atoms with van der Waals surface area (Å²) in [5, 5.41) is 4.95. The fourth-order valence-corrected chi connectivity index (χ4v) is 8.22. The van der Waals surface area contributed by atoms with Crippen molar-refractivity contribution in [1.82, 2.24) is 0 Å². The molecule has 60 heavy (non-hydrogen) atoms. The van der Waals surface area contributed by atoms with Crippen molar-refractivity contribution in [2.75, 3.05) is 0 Å². The van der Waals surface area contributed by atoms with E-state index in [4.69, 9.17) is 0 Å². The molecule has 0 nitrogen and oxygen atoms in total. The number of hydrogen-bond acceptors (Lipinski definition) is 0. The highest BCUT2D eigenvalue weighted by molar-refractivity contribution is 6.12. The van der Waals surface area contributed by atoms with Crippen molar-refractivity contribution in [3.05, 3.63) is 236 Å². The Morgan fingerprint density at radius 1 is 0.450 bits per heavy atom. The van der Waals surface area contributed by atoms with Crippen LogP contribution in [0, 0.1) is 0 Å². The normalized spacial score (nSPS) is 12.1. The second kappa shape index (κ2) is 19.6. The van der Waals surface area contributed by atoms with E-state index < -0.39 is 0 Å². The van der Waals surface area contributed by atoms with E-state index in [0.29, 0.717) is 0 Å². The lowest BCUT2D eigenvalue weighted by molar-refractivity contribution is 0.979. The Bertz CT molecular complexity index is 2880. The van der Waals surface area contributed by atoms with E-state index in [2.05, 4.69) is 213 Å². The first-order valence-corrected chi connectivity index (χ1v) is 21.4. The molecule has 0 aromatic heterocycles. The average molecular weight is 775 g/mol. The summed E-state index contributed by atoms with van der Waals surface area (Å²) in [7, 11) is 0. The maximum atomic E-state index is 4.40. The van der Waals surface area contributed by atoms with Gasteiger partial charge in [0.15, 0.2) is 0 Å². The number of hydrogen-bond donors (Lipinski definition) is 0. The molecule has 0 saturated carbocycles. The predicted octanol–water partition coefficient (Wildman–Crippen LogP) is 17.8. The van der Waals surface area contributed by atoms with Crippen LogP contribution in [0.3, 0.4) is 0 Å². The molecular weight excluding hydrogens is 721 g/mol. The highest BCUT2D eigenvalue weighted by atomic mass is 14.2. The zero-order chi connectivity index (χ0) is 41.8. The van der Waals surface area contributed by atoms with Gasteiger partial charge in [0.05, 0.1) is 0 Å². The lowest BCUT2D eigenvalue weighted by atomic mass is 9.87. The number of benzene rings is 8. The van der Waals surface area contributed by atoms with E-state index in [0.717, 1.165) is 29.6 Å². The molecule has 0 atom stereocenters. The quantitative estimate of drug-likeness (QED) is 0.128. The lowest BCUT2D eigenvalue weighted by Crippen LogP contribution is -1.92. The van der Waals surface area contributed by atoms with Gasteiger partial charge in [-0.1, -0.05) is 223 Å². The number of allylic oxidation sites excluding steroid dienone is 8.